The predicted octanol–water partition coefficient (Wildman–Crippen LogP) is 5.78. The number of nitrogens with one attached hydrogen (secondary N) is 1. The normalized spacial score (nSPS) is 12.4. The van der Waals surface area contributed by atoms with Crippen LogP contribution in [0.25, 0.3) is 32.6 Å². The number of thiazole rings is 1. The Balaban J connectivity index is 1.85. The van der Waals surface area contributed by atoms with Crippen molar-refractivity contribution < 1.29 is 4.39 Å². The van der Waals surface area contributed by atoms with Crippen LogP contribution in [0.4, 0.5) is 15.3 Å². The van der Waals surface area contributed by atoms with Gasteiger partial charge in [0.1, 0.15) is 17.3 Å². The number of hydrogen-bond acceptors (Lipinski definition) is 5. The van der Waals surface area contributed by atoms with Gasteiger partial charge in [0.25, 0.3) is 0 Å². The highest BCUT2D eigenvalue weighted by Crippen LogP contribution is 2.39. The Bertz CT molecular complexity index is 1160. The number of benzene rings is 2. The molecule has 0 bridgehead atoms. The summed E-state index contributed by atoms with van der Waals surface area (Å²) in [6.45, 7) is 6.86. The van der Waals surface area contributed by atoms with Gasteiger partial charge in [0.15, 0.2) is 5.13 Å². The van der Waals surface area contributed by atoms with E-state index >= 15 is 0 Å². The molecule has 4 rings (SSSR count). The smallest absolute Gasteiger partial charge is 0.183 e. The first-order valence-corrected chi connectivity index (χ1v) is 10.6. The molecule has 5 nitrogen and oxygen atoms in total. The number of aryl methyl sites for hydroxylation is 1. The fourth-order valence-electron chi connectivity index (χ4n) is 3.30. The fourth-order valence-corrected chi connectivity index (χ4v) is 4.31. The number of nitrogen functional groups attached to an aromatic ring is 1. The molecule has 2 aromatic heterocycles. The van der Waals surface area contributed by atoms with Crippen molar-refractivity contribution in [1.82, 2.24) is 14.8 Å². The topological polar surface area (TPSA) is 68.8 Å². The second-order valence-corrected chi connectivity index (χ2v) is 8.09. The third-order valence-electron chi connectivity index (χ3n) is 5.08. The molecule has 29 heavy (non-hydrogen) atoms. The summed E-state index contributed by atoms with van der Waals surface area (Å²) < 4.78 is 17.3. The number of halogens is 1. The third-order valence-corrected chi connectivity index (χ3v) is 6.03. The second kappa shape index (κ2) is 7.83. The van der Waals surface area contributed by atoms with E-state index in [0.717, 1.165) is 32.9 Å². The lowest BCUT2D eigenvalue weighted by Gasteiger charge is -2.08. The summed E-state index contributed by atoms with van der Waals surface area (Å²) in [6.07, 6.45) is 1.03. The Kier molecular flexibility index (Phi) is 5.24. The molecular formula is C22H24FN5S. The van der Waals surface area contributed by atoms with Gasteiger partial charge in [-0.3, -0.25) is 0 Å². The molecule has 0 aliphatic heterocycles. The number of fused-ring (bicyclic) bond motifs is 1. The van der Waals surface area contributed by atoms with Crippen LogP contribution in [0.3, 0.4) is 0 Å². The highest BCUT2D eigenvalue weighted by molar-refractivity contribution is 7.22. The largest absolute Gasteiger partial charge is 0.383 e. The van der Waals surface area contributed by atoms with Crippen molar-refractivity contribution in [1.29, 1.82) is 0 Å². The number of nitrogens with two attached hydrogens (primary N) is 1. The number of nitrogens with zero attached hydrogens (tertiary/aromatic N) is 3. The van der Waals surface area contributed by atoms with Crippen molar-refractivity contribution in [3.8, 4) is 22.4 Å². The summed E-state index contributed by atoms with van der Waals surface area (Å²) >= 11 is 1.61. The maximum Gasteiger partial charge on any atom is 0.183 e. The Hall–Kier alpha value is -2.93. The highest BCUT2D eigenvalue weighted by atomic mass is 32.1. The van der Waals surface area contributed by atoms with Crippen LogP contribution in [0.1, 0.15) is 27.2 Å². The van der Waals surface area contributed by atoms with Crippen molar-refractivity contribution in [2.24, 2.45) is 0 Å². The van der Waals surface area contributed by atoms with E-state index in [4.69, 9.17) is 5.73 Å². The van der Waals surface area contributed by atoms with Gasteiger partial charge >= 0.3 is 0 Å². The molecule has 0 amide bonds. The Morgan fingerprint density at radius 3 is 2.72 bits per heavy atom. The summed E-state index contributed by atoms with van der Waals surface area (Å²) in [5.74, 6) is 0.223. The standard InChI is InChI=1S/C22H24FN5S/c1-4-13(3)25-22-26-17-11-10-14(12-18(17)29-22)19-20(27-28(5-2)21(19)24)15-8-6-7-9-16(15)23/h6-13H,4-5,24H2,1-3H3,(H,25,26)/t13-/m1/s1. The lowest BCUT2D eigenvalue weighted by Crippen LogP contribution is -2.12. The van der Waals surface area contributed by atoms with Crippen LogP contribution < -0.4 is 11.1 Å². The molecule has 0 fully saturated rings. The van der Waals surface area contributed by atoms with Crippen LogP contribution in [0.2, 0.25) is 0 Å². The molecule has 0 aliphatic carbocycles. The van der Waals surface area contributed by atoms with Crippen LogP contribution in [0.15, 0.2) is 42.5 Å². The first-order valence-electron chi connectivity index (χ1n) is 9.80. The number of hydrogen-bond donors (Lipinski definition) is 2. The van der Waals surface area contributed by atoms with Crippen LogP contribution in [0.5, 0.6) is 0 Å². The molecule has 0 spiro atoms. The van der Waals surface area contributed by atoms with Crippen LogP contribution in [-0.4, -0.2) is 20.8 Å². The fraction of sp³-hybridized carbons (Fsp3) is 0.273. The van der Waals surface area contributed by atoms with Crippen LogP contribution >= 0.6 is 11.3 Å². The van der Waals surface area contributed by atoms with Gasteiger partial charge in [-0.2, -0.15) is 5.10 Å². The molecule has 4 aromatic rings. The van der Waals surface area contributed by atoms with E-state index in [2.05, 4.69) is 35.3 Å². The zero-order valence-corrected chi connectivity index (χ0v) is 17.6. The van der Waals surface area contributed by atoms with E-state index in [1.165, 1.54) is 6.07 Å². The van der Waals surface area contributed by atoms with E-state index < -0.39 is 0 Å². The molecule has 0 radical (unpaired) electrons. The number of rotatable bonds is 6. The van der Waals surface area contributed by atoms with Crippen molar-refractivity contribution >= 4 is 32.5 Å². The van der Waals surface area contributed by atoms with Gasteiger partial charge in [-0.1, -0.05) is 36.5 Å². The van der Waals surface area contributed by atoms with Gasteiger partial charge in [-0.25, -0.2) is 14.1 Å². The van der Waals surface area contributed by atoms with Crippen molar-refractivity contribution in [3.63, 3.8) is 0 Å². The van der Waals surface area contributed by atoms with E-state index in [-0.39, 0.29) is 5.82 Å². The molecule has 0 saturated carbocycles. The highest BCUT2D eigenvalue weighted by Gasteiger charge is 2.21. The second-order valence-electron chi connectivity index (χ2n) is 7.06. The minimum absolute atomic E-state index is 0.312. The molecule has 1 atom stereocenters. The summed E-state index contributed by atoms with van der Waals surface area (Å²) in [7, 11) is 0. The molecule has 0 saturated heterocycles. The zero-order chi connectivity index (χ0) is 20.5. The molecule has 150 valence electrons. The van der Waals surface area contributed by atoms with Crippen molar-refractivity contribution in [3.05, 3.63) is 48.3 Å². The van der Waals surface area contributed by atoms with E-state index in [0.29, 0.717) is 29.7 Å². The van der Waals surface area contributed by atoms with Crippen LogP contribution in [-0.2, 0) is 6.54 Å². The molecule has 0 unspecified atom stereocenters. The quantitative estimate of drug-likeness (QED) is 0.424. The summed E-state index contributed by atoms with van der Waals surface area (Å²) in [5, 5.41) is 8.93. The first-order chi connectivity index (χ1) is 14.0. The molecule has 2 aromatic carbocycles. The Morgan fingerprint density at radius 2 is 2.00 bits per heavy atom. The maximum atomic E-state index is 14.5. The third kappa shape index (κ3) is 3.58. The summed E-state index contributed by atoms with van der Waals surface area (Å²) in [4.78, 5) is 4.67. The predicted molar refractivity (Wildman–Crippen MR) is 120 cm³/mol. The summed E-state index contributed by atoms with van der Waals surface area (Å²) in [5.41, 5.74) is 10.0. The molecule has 2 heterocycles. The SMILES string of the molecule is CC[C@@H](C)Nc1nc2ccc(-c3c(-c4ccccc4F)nn(CC)c3N)cc2s1. The minimum atomic E-state index is -0.312. The van der Waals surface area contributed by atoms with E-state index in [1.807, 2.05) is 25.1 Å². The van der Waals surface area contributed by atoms with Gasteiger partial charge < -0.3 is 11.1 Å². The van der Waals surface area contributed by atoms with Gasteiger partial charge in [-0.05, 0) is 50.1 Å². The Morgan fingerprint density at radius 1 is 1.21 bits per heavy atom. The van der Waals surface area contributed by atoms with E-state index in [9.17, 15) is 4.39 Å². The van der Waals surface area contributed by atoms with Crippen LogP contribution in [0, 0.1) is 5.82 Å². The number of aromatic nitrogens is 3. The lowest BCUT2D eigenvalue weighted by molar-refractivity contribution is 0.628. The summed E-state index contributed by atoms with van der Waals surface area (Å²) in [6, 6.07) is 13.0. The molecular weight excluding hydrogens is 385 g/mol. The van der Waals surface area contributed by atoms with Gasteiger partial charge in [0, 0.05) is 18.2 Å². The first kappa shape index (κ1) is 19.4. The number of anilines is 2. The van der Waals surface area contributed by atoms with Gasteiger partial charge in [0.05, 0.1) is 15.8 Å². The lowest BCUT2D eigenvalue weighted by atomic mass is 10.0. The van der Waals surface area contributed by atoms with Crippen molar-refractivity contribution in [2.75, 3.05) is 11.1 Å². The molecule has 7 heteroatoms. The van der Waals surface area contributed by atoms with Gasteiger partial charge in [-0.15, -0.1) is 0 Å². The zero-order valence-electron chi connectivity index (χ0n) is 16.7. The van der Waals surface area contributed by atoms with Crippen molar-refractivity contribution in [2.45, 2.75) is 39.8 Å². The maximum absolute atomic E-state index is 14.5. The van der Waals surface area contributed by atoms with E-state index in [1.54, 1.807) is 28.2 Å². The molecule has 0 aliphatic rings. The average Bonchev–Trinajstić information content (AvgIpc) is 3.27. The average molecular weight is 410 g/mol. The monoisotopic (exact) mass is 409 g/mol. The van der Waals surface area contributed by atoms with Gasteiger partial charge in [0.2, 0.25) is 0 Å². The molecule has 3 N–H and O–H groups in total. The minimum Gasteiger partial charge on any atom is -0.383 e. The Labute approximate surface area is 173 Å².